The number of nitrogens with zero attached hydrogens (tertiary/aromatic N) is 6. The first kappa shape index (κ1) is 80.6. The van der Waals surface area contributed by atoms with Gasteiger partial charge in [-0.05, 0) is 168 Å². The number of hydrogen-bond donors (Lipinski definition) is 9. The zero-order valence-corrected chi connectivity index (χ0v) is 59.5. The van der Waals surface area contributed by atoms with Crippen molar-refractivity contribution in [1.82, 2.24) is 30.9 Å². The van der Waals surface area contributed by atoms with Gasteiger partial charge in [0.2, 0.25) is 0 Å². The van der Waals surface area contributed by atoms with Crippen LogP contribution in [0.3, 0.4) is 0 Å². The van der Waals surface area contributed by atoms with Crippen molar-refractivity contribution in [2.45, 2.75) is 97.2 Å². The number of amides is 6. The number of aliphatic hydroxyl groups is 3. The van der Waals surface area contributed by atoms with E-state index < -0.39 is 106 Å². The predicted octanol–water partition coefficient (Wildman–Crippen LogP) is 11.8. The Morgan fingerprint density at radius 1 is 0.398 bits per heavy atom. The molecule has 566 valence electrons. The van der Waals surface area contributed by atoms with Gasteiger partial charge in [0.1, 0.15) is 69.8 Å². The average molecular weight is 1520 g/mol. The van der Waals surface area contributed by atoms with E-state index in [1.165, 1.54) is 94.1 Å². The van der Waals surface area contributed by atoms with Gasteiger partial charge in [-0.15, -0.1) is 0 Å². The molecule has 0 aliphatic carbocycles. The molecule has 12 N–H and O–H groups in total. The third-order valence-electron chi connectivity index (χ3n) is 17.1. The molecule has 0 spiro atoms. The lowest BCUT2D eigenvalue weighted by Gasteiger charge is -2.21. The van der Waals surface area contributed by atoms with Crippen molar-refractivity contribution < 1.29 is 87.5 Å². The van der Waals surface area contributed by atoms with E-state index in [2.05, 4.69) is 30.9 Å². The number of aliphatic hydroxyl groups excluding tert-OH is 3. The van der Waals surface area contributed by atoms with Crippen LogP contribution in [0, 0.1) is 52.4 Å². The Balaban J connectivity index is 0.000000183. The molecule has 0 bridgehead atoms. The summed E-state index contributed by atoms with van der Waals surface area (Å²) in [7, 11) is 0. The fourth-order valence-electron chi connectivity index (χ4n) is 12.2. The minimum absolute atomic E-state index is 0.00742. The summed E-state index contributed by atoms with van der Waals surface area (Å²) in [5.41, 5.74) is 20.0. The SMILES string of the molecule is CC(C)NC(=O)c1cc(-c2ccc3c(c2F)CCN3C(=O)C(O)c2cc(F)cc(F)c2)cnc1N.CC(C)NC(=O)c1cc(-c2ccc3c(c2F)CCN3C(=O)[C@@H](O)c2cc(F)cc(F)c2)cnc1N.CC(C)NC(=O)c1cc(-c2ccc3c(c2F)CCN3C(=O)[C@H](O)c2cc(F)cc(F)c2)cnc1N.CSF. The normalized spacial score (nSPS) is 13.4. The number of carbonyl (C=O) groups is 6. The van der Waals surface area contributed by atoms with Crippen molar-refractivity contribution in [1.29, 1.82) is 0 Å². The summed E-state index contributed by atoms with van der Waals surface area (Å²) < 4.78 is 138. The molecule has 21 nitrogen and oxygen atoms in total. The van der Waals surface area contributed by atoms with Gasteiger partial charge >= 0.3 is 0 Å². The first-order valence-electron chi connectivity index (χ1n) is 33.3. The molecule has 12 rings (SSSR count). The second-order valence-electron chi connectivity index (χ2n) is 25.8. The second kappa shape index (κ2) is 34.4. The fourth-order valence-corrected chi connectivity index (χ4v) is 12.2. The monoisotopic (exact) mass is 1520 g/mol. The molecule has 6 amide bonds. The van der Waals surface area contributed by atoms with Crippen LogP contribution in [0.15, 0.2) is 128 Å². The Kier molecular flexibility index (Phi) is 25.7. The minimum atomic E-state index is -1.82. The summed E-state index contributed by atoms with van der Waals surface area (Å²) in [5, 5.41) is 39.4. The molecule has 3 aliphatic heterocycles. The molecule has 0 saturated carbocycles. The molecule has 0 fully saturated rings. The maximum Gasteiger partial charge on any atom is 0.260 e. The van der Waals surface area contributed by atoms with Crippen molar-refractivity contribution in [2.75, 3.05) is 57.8 Å². The number of fused-ring (bicyclic) bond motifs is 3. The van der Waals surface area contributed by atoms with Crippen molar-refractivity contribution in [2.24, 2.45) is 0 Å². The number of benzene rings is 6. The van der Waals surface area contributed by atoms with Gasteiger partial charge in [-0.3, -0.25) is 28.8 Å². The van der Waals surface area contributed by atoms with Gasteiger partial charge < -0.3 is 63.2 Å². The van der Waals surface area contributed by atoms with Crippen molar-refractivity contribution >= 4 is 82.1 Å². The number of rotatable bonds is 15. The van der Waals surface area contributed by atoms with Crippen molar-refractivity contribution in [3.63, 3.8) is 0 Å². The molecular weight excluding hydrogens is 1450 g/mol. The third kappa shape index (κ3) is 18.1. The summed E-state index contributed by atoms with van der Waals surface area (Å²) in [5.74, 6) is -11.2. The highest BCUT2D eigenvalue weighted by atomic mass is 32.2. The summed E-state index contributed by atoms with van der Waals surface area (Å²) >= 11 is 0.250. The molecule has 108 heavy (non-hydrogen) atoms. The van der Waals surface area contributed by atoms with Gasteiger partial charge in [-0.2, -0.15) is 3.89 Å². The number of carbonyl (C=O) groups excluding carboxylic acids is 6. The van der Waals surface area contributed by atoms with Gasteiger partial charge in [-0.1, -0.05) is 0 Å². The maximum absolute atomic E-state index is 15.5. The quantitative estimate of drug-likeness (QED) is 0.0431. The Morgan fingerprint density at radius 2 is 0.620 bits per heavy atom. The third-order valence-corrected chi connectivity index (χ3v) is 17.1. The predicted molar refractivity (Wildman–Crippen MR) is 387 cm³/mol. The standard InChI is InChI=1S/3C25H23F3N4O3.CH3FS/c3*1-12(2)31-24(34)19-9-14(11-30-23(19)29)17-3-4-20-18(21(17)28)5-6-32(20)25(35)22(33)13-7-15(26)10-16(27)8-13;1-3-2/h3*3-4,7-12,22,33H,5-6H2,1-2H3,(H2,29,30)(H,31,34);1H3/t2*22-;;/m10../s1. The molecule has 9 aromatic rings. The smallest absolute Gasteiger partial charge is 0.260 e. The number of nitrogen functional groups attached to an aromatic ring is 3. The topological polar surface area (TPSA) is 326 Å². The van der Waals surface area contributed by atoms with Crippen LogP contribution < -0.4 is 47.9 Å². The number of halogens is 10. The van der Waals surface area contributed by atoms with Crippen molar-refractivity contribution in [3.05, 3.63) is 230 Å². The molecular formula is C76H72F10N12O9S. The van der Waals surface area contributed by atoms with Gasteiger partial charge in [0.25, 0.3) is 35.4 Å². The lowest BCUT2D eigenvalue weighted by atomic mass is 10.00. The summed E-state index contributed by atoms with van der Waals surface area (Å²) in [6, 6.07) is 19.9. The highest BCUT2D eigenvalue weighted by Gasteiger charge is 2.37. The van der Waals surface area contributed by atoms with Crippen LogP contribution in [0.1, 0.15) is 124 Å². The lowest BCUT2D eigenvalue weighted by molar-refractivity contribution is -0.127. The number of aromatic nitrogens is 3. The van der Waals surface area contributed by atoms with E-state index in [1.807, 2.05) is 0 Å². The number of nitrogens with two attached hydrogens (primary N) is 3. The first-order chi connectivity index (χ1) is 51.1. The average Bonchev–Trinajstić information content (AvgIpc) is 1.61. The highest BCUT2D eigenvalue weighted by molar-refractivity contribution is 7.93. The van der Waals surface area contributed by atoms with Crippen molar-refractivity contribution in [3.8, 4) is 33.4 Å². The summed E-state index contributed by atoms with van der Waals surface area (Å²) in [4.78, 5) is 91.6. The summed E-state index contributed by atoms with van der Waals surface area (Å²) in [6.45, 7) is 11.0. The van der Waals surface area contributed by atoms with Crippen LogP contribution in [-0.2, 0) is 33.6 Å². The van der Waals surface area contributed by atoms with Crippen LogP contribution in [0.4, 0.5) is 77.9 Å². The van der Waals surface area contributed by atoms with Crippen LogP contribution in [0.2, 0.25) is 0 Å². The Hall–Kier alpha value is -11.5. The molecule has 0 saturated heterocycles. The van der Waals surface area contributed by atoms with Gasteiger partial charge in [0, 0.05) is 160 Å². The summed E-state index contributed by atoms with van der Waals surface area (Å²) in [6.07, 6.45) is 0.452. The van der Waals surface area contributed by atoms with E-state index >= 15 is 13.2 Å². The van der Waals surface area contributed by atoms with Crippen LogP contribution in [-0.4, -0.2) is 110 Å². The molecule has 32 heteroatoms. The van der Waals surface area contributed by atoms with E-state index in [9.17, 15) is 74.3 Å². The molecule has 0 radical (unpaired) electrons. The second-order valence-corrected chi connectivity index (χ2v) is 26.1. The van der Waals surface area contributed by atoms with E-state index in [0.717, 1.165) is 36.4 Å². The minimum Gasteiger partial charge on any atom is -0.383 e. The largest absolute Gasteiger partial charge is 0.383 e. The van der Waals surface area contributed by atoms with E-state index in [4.69, 9.17) is 17.2 Å². The molecule has 6 aromatic carbocycles. The highest BCUT2D eigenvalue weighted by Crippen LogP contribution is 2.42. The Labute approximate surface area is 616 Å². The zero-order valence-electron chi connectivity index (χ0n) is 58.7. The zero-order chi connectivity index (χ0) is 79.0. The molecule has 6 heterocycles. The number of hydrogen-bond acceptors (Lipinski definition) is 16. The van der Waals surface area contributed by atoms with E-state index in [1.54, 1.807) is 41.5 Å². The molecule has 3 atom stereocenters. The molecule has 1 unspecified atom stereocenters. The van der Waals surface area contributed by atoms with Gasteiger partial charge in [-0.25, -0.2) is 54.5 Å². The molecule has 3 aliphatic rings. The van der Waals surface area contributed by atoms with Gasteiger partial charge in [0.05, 0.1) is 16.7 Å². The fraction of sp³-hybridized carbons (Fsp3) is 0.250. The molecule has 3 aromatic heterocycles. The number of anilines is 6. The Bertz CT molecular complexity index is 4440. The number of pyridine rings is 3. The lowest BCUT2D eigenvalue weighted by Crippen LogP contribution is -2.33. The maximum atomic E-state index is 15.5. The van der Waals surface area contributed by atoms with Crippen LogP contribution >= 0.6 is 12.1 Å². The van der Waals surface area contributed by atoms with Crippen LogP contribution in [0.5, 0.6) is 0 Å². The first-order valence-corrected chi connectivity index (χ1v) is 34.4. The van der Waals surface area contributed by atoms with E-state index in [0.29, 0.717) is 34.9 Å². The Morgan fingerprint density at radius 3 is 0.833 bits per heavy atom. The van der Waals surface area contributed by atoms with Gasteiger partial charge in [0.15, 0.2) is 18.3 Å². The number of nitrogens with one attached hydrogen (secondary N) is 3. The van der Waals surface area contributed by atoms with E-state index in [-0.39, 0.29) is 170 Å². The van der Waals surface area contributed by atoms with Crippen LogP contribution in [0.25, 0.3) is 33.4 Å².